The van der Waals surface area contributed by atoms with Crippen molar-refractivity contribution in [2.45, 2.75) is 44.6 Å². The highest BCUT2D eigenvalue weighted by Crippen LogP contribution is 2.28. The van der Waals surface area contributed by atoms with Crippen LogP contribution in [0.3, 0.4) is 0 Å². The van der Waals surface area contributed by atoms with Crippen LogP contribution in [0, 0.1) is 17.2 Å². The zero-order valence-corrected chi connectivity index (χ0v) is 12.0. The number of benzene rings is 1. The molecule has 2 nitrogen and oxygen atoms in total. The van der Waals surface area contributed by atoms with E-state index in [0.29, 0.717) is 6.04 Å². The molecule has 2 heteroatoms. The van der Waals surface area contributed by atoms with Crippen LogP contribution in [0.4, 0.5) is 0 Å². The van der Waals surface area contributed by atoms with Crippen molar-refractivity contribution in [1.82, 2.24) is 4.90 Å². The van der Waals surface area contributed by atoms with E-state index in [1.54, 1.807) is 0 Å². The zero-order valence-electron chi connectivity index (χ0n) is 12.0. The molecule has 3 unspecified atom stereocenters. The Morgan fingerprint density at radius 1 is 1.26 bits per heavy atom. The highest BCUT2D eigenvalue weighted by Gasteiger charge is 2.26. The third-order valence-electron chi connectivity index (χ3n) is 4.46. The van der Waals surface area contributed by atoms with Gasteiger partial charge >= 0.3 is 0 Å². The van der Waals surface area contributed by atoms with Crippen LogP contribution in [0.15, 0.2) is 30.3 Å². The van der Waals surface area contributed by atoms with Crippen molar-refractivity contribution >= 4 is 0 Å². The summed E-state index contributed by atoms with van der Waals surface area (Å²) in [6.45, 7) is 3.19. The van der Waals surface area contributed by atoms with Crippen LogP contribution < -0.4 is 0 Å². The molecule has 19 heavy (non-hydrogen) atoms. The second-order valence-corrected chi connectivity index (χ2v) is 5.86. The molecule has 1 aliphatic carbocycles. The number of hydrogen-bond donors (Lipinski definition) is 0. The van der Waals surface area contributed by atoms with Gasteiger partial charge in [-0.3, -0.25) is 0 Å². The van der Waals surface area contributed by atoms with E-state index in [9.17, 15) is 5.26 Å². The van der Waals surface area contributed by atoms with Crippen molar-refractivity contribution in [3.63, 3.8) is 0 Å². The lowest BCUT2D eigenvalue weighted by Crippen LogP contribution is -2.40. The van der Waals surface area contributed by atoms with Gasteiger partial charge in [0.15, 0.2) is 0 Å². The number of nitrogens with zero attached hydrogens (tertiary/aromatic N) is 2. The third-order valence-corrected chi connectivity index (χ3v) is 4.46. The van der Waals surface area contributed by atoms with Gasteiger partial charge < -0.3 is 4.90 Å². The maximum Gasteiger partial charge on any atom is 0.0839 e. The smallest absolute Gasteiger partial charge is 0.0839 e. The lowest BCUT2D eigenvalue weighted by molar-refractivity contribution is 0.137. The molecule has 0 N–H and O–H groups in total. The summed E-state index contributed by atoms with van der Waals surface area (Å²) in [5.74, 6) is 0.745. The normalized spacial score (nSPS) is 24.9. The summed E-state index contributed by atoms with van der Waals surface area (Å²) >= 11 is 0. The second kappa shape index (κ2) is 6.73. The molecule has 102 valence electrons. The molecule has 0 aromatic heterocycles. The highest BCUT2D eigenvalue weighted by molar-refractivity contribution is 5.25. The summed E-state index contributed by atoms with van der Waals surface area (Å²) in [5.41, 5.74) is 1.14. The number of likely N-dealkylation sites (N-methyl/N-ethyl adjacent to an activating group) is 1. The van der Waals surface area contributed by atoms with Gasteiger partial charge in [-0.05, 0) is 31.4 Å². The first-order chi connectivity index (χ1) is 9.22. The molecule has 0 heterocycles. The van der Waals surface area contributed by atoms with Gasteiger partial charge in [0.1, 0.15) is 0 Å². The van der Waals surface area contributed by atoms with Crippen LogP contribution in [0.2, 0.25) is 0 Å². The average molecular weight is 256 g/mol. The number of rotatable bonds is 4. The molecule has 0 bridgehead atoms. The Hall–Kier alpha value is -1.33. The summed E-state index contributed by atoms with van der Waals surface area (Å²) in [4.78, 5) is 2.41. The summed E-state index contributed by atoms with van der Waals surface area (Å²) in [6, 6.07) is 13.3. The predicted molar refractivity (Wildman–Crippen MR) is 78.8 cm³/mol. The summed E-state index contributed by atoms with van der Waals surface area (Å²) in [5, 5.41) is 9.42. The second-order valence-electron chi connectivity index (χ2n) is 5.86. The molecule has 1 saturated carbocycles. The Bertz CT molecular complexity index is 421. The van der Waals surface area contributed by atoms with Crippen molar-refractivity contribution in [3.8, 4) is 6.07 Å². The molecule has 3 atom stereocenters. The lowest BCUT2D eigenvalue weighted by atomic mass is 9.84. The van der Waals surface area contributed by atoms with Gasteiger partial charge in [-0.1, -0.05) is 50.1 Å². The van der Waals surface area contributed by atoms with Gasteiger partial charge in [-0.2, -0.15) is 5.26 Å². The average Bonchev–Trinajstić information content (AvgIpc) is 2.46. The van der Waals surface area contributed by atoms with Crippen molar-refractivity contribution < 1.29 is 0 Å². The monoisotopic (exact) mass is 256 g/mol. The van der Waals surface area contributed by atoms with Crippen molar-refractivity contribution in [2.75, 3.05) is 13.6 Å². The first kappa shape index (κ1) is 14.1. The summed E-state index contributed by atoms with van der Waals surface area (Å²) < 4.78 is 0. The van der Waals surface area contributed by atoms with Crippen molar-refractivity contribution in [2.24, 2.45) is 5.92 Å². The molecule has 1 aromatic rings. The summed E-state index contributed by atoms with van der Waals surface area (Å²) in [7, 11) is 2.18. The van der Waals surface area contributed by atoms with E-state index in [-0.39, 0.29) is 5.92 Å². The van der Waals surface area contributed by atoms with Crippen LogP contribution in [-0.4, -0.2) is 24.5 Å². The maximum absolute atomic E-state index is 9.42. The van der Waals surface area contributed by atoms with Crippen LogP contribution >= 0.6 is 0 Å². The fraction of sp³-hybridized carbons (Fsp3) is 0.588. The Kier molecular flexibility index (Phi) is 4.99. The van der Waals surface area contributed by atoms with Crippen LogP contribution in [0.1, 0.15) is 44.1 Å². The van der Waals surface area contributed by atoms with Gasteiger partial charge in [0.25, 0.3) is 0 Å². The van der Waals surface area contributed by atoms with E-state index in [2.05, 4.69) is 37.1 Å². The van der Waals surface area contributed by atoms with E-state index in [0.717, 1.165) is 18.0 Å². The predicted octanol–water partition coefficient (Wildman–Crippen LogP) is 3.80. The van der Waals surface area contributed by atoms with E-state index < -0.39 is 0 Å². The van der Waals surface area contributed by atoms with Crippen molar-refractivity contribution in [1.29, 1.82) is 5.26 Å². The molecule has 0 amide bonds. The molecule has 0 spiro atoms. The SMILES string of the molecule is CC1CCCCC1N(C)CC(C#N)c1ccccc1. The first-order valence-corrected chi connectivity index (χ1v) is 7.37. The van der Waals surface area contributed by atoms with Gasteiger partial charge in [0.05, 0.1) is 12.0 Å². The minimum absolute atomic E-state index is 0.0136. The third kappa shape index (κ3) is 3.58. The van der Waals surface area contributed by atoms with Gasteiger partial charge in [-0.25, -0.2) is 0 Å². The quantitative estimate of drug-likeness (QED) is 0.819. The van der Waals surface area contributed by atoms with Crippen LogP contribution in [-0.2, 0) is 0 Å². The number of nitriles is 1. The van der Waals surface area contributed by atoms with E-state index in [1.165, 1.54) is 25.7 Å². The van der Waals surface area contributed by atoms with Gasteiger partial charge in [-0.15, -0.1) is 0 Å². The molecule has 0 radical (unpaired) electrons. The Morgan fingerprint density at radius 2 is 1.95 bits per heavy atom. The largest absolute Gasteiger partial charge is 0.302 e. The standard InChI is InChI=1S/C17H24N2/c1-14-8-6-7-11-17(14)19(2)13-16(12-18)15-9-4-3-5-10-15/h3-5,9-10,14,16-17H,6-8,11,13H2,1-2H3. The van der Waals surface area contributed by atoms with Crippen molar-refractivity contribution in [3.05, 3.63) is 35.9 Å². The summed E-state index contributed by atoms with van der Waals surface area (Å²) in [6.07, 6.45) is 5.32. The van der Waals surface area contributed by atoms with Gasteiger partial charge in [0.2, 0.25) is 0 Å². The Morgan fingerprint density at radius 3 is 2.58 bits per heavy atom. The van der Waals surface area contributed by atoms with E-state index >= 15 is 0 Å². The highest BCUT2D eigenvalue weighted by atomic mass is 15.1. The minimum atomic E-state index is -0.0136. The Labute approximate surface area is 117 Å². The lowest BCUT2D eigenvalue weighted by Gasteiger charge is -2.37. The molecule has 1 aromatic carbocycles. The number of hydrogen-bond acceptors (Lipinski definition) is 2. The first-order valence-electron chi connectivity index (χ1n) is 7.37. The molecule has 0 aliphatic heterocycles. The molecule has 1 fully saturated rings. The fourth-order valence-electron chi connectivity index (χ4n) is 3.28. The van der Waals surface area contributed by atoms with Crippen LogP contribution in [0.5, 0.6) is 0 Å². The fourth-order valence-corrected chi connectivity index (χ4v) is 3.28. The Balaban J connectivity index is 2.00. The minimum Gasteiger partial charge on any atom is -0.302 e. The zero-order chi connectivity index (χ0) is 13.7. The molecule has 1 aliphatic rings. The van der Waals surface area contributed by atoms with Crippen LogP contribution in [0.25, 0.3) is 0 Å². The van der Waals surface area contributed by atoms with E-state index in [1.807, 2.05) is 18.2 Å². The topological polar surface area (TPSA) is 27.0 Å². The molecular weight excluding hydrogens is 232 g/mol. The molecule has 2 rings (SSSR count). The van der Waals surface area contributed by atoms with Gasteiger partial charge in [0, 0.05) is 12.6 Å². The van der Waals surface area contributed by atoms with E-state index in [4.69, 9.17) is 0 Å². The molecule has 0 saturated heterocycles. The maximum atomic E-state index is 9.42. The molecular formula is C17H24N2.